The van der Waals surface area contributed by atoms with Gasteiger partial charge in [0.2, 0.25) is 0 Å². The van der Waals surface area contributed by atoms with Crippen LogP contribution in [0.25, 0.3) is 5.57 Å². The first kappa shape index (κ1) is 33.6. The number of carbonyl (C=O) groups is 1. The lowest BCUT2D eigenvalue weighted by molar-refractivity contribution is 0.101. The van der Waals surface area contributed by atoms with Crippen LogP contribution in [0.3, 0.4) is 0 Å². The molecule has 2 aromatic carbocycles. The van der Waals surface area contributed by atoms with Gasteiger partial charge >= 0.3 is 0 Å². The molecule has 2 aromatic rings. The van der Waals surface area contributed by atoms with Crippen LogP contribution in [0.15, 0.2) is 91.1 Å². The van der Waals surface area contributed by atoms with Crippen molar-refractivity contribution in [3.63, 3.8) is 0 Å². The third-order valence-corrected chi connectivity index (χ3v) is 9.53. The monoisotopic (exact) mass is 564 g/mol. The topological polar surface area (TPSA) is 17.1 Å². The van der Waals surface area contributed by atoms with Crippen LogP contribution in [-0.2, 0) is 12.8 Å². The highest BCUT2D eigenvalue weighted by Gasteiger charge is 2.27. The van der Waals surface area contributed by atoms with E-state index in [9.17, 15) is 4.79 Å². The minimum atomic E-state index is 0.110. The van der Waals surface area contributed by atoms with Crippen molar-refractivity contribution in [2.24, 2.45) is 23.2 Å². The summed E-state index contributed by atoms with van der Waals surface area (Å²) in [5.41, 5.74) is 8.71. The van der Waals surface area contributed by atoms with E-state index in [4.69, 9.17) is 0 Å². The third-order valence-electron chi connectivity index (χ3n) is 9.53. The number of hydrogen-bond acceptors (Lipinski definition) is 1. The minimum absolute atomic E-state index is 0.110. The van der Waals surface area contributed by atoms with E-state index in [-0.39, 0.29) is 11.2 Å². The Morgan fingerprint density at radius 3 is 2.38 bits per heavy atom. The Morgan fingerprint density at radius 2 is 1.71 bits per heavy atom. The number of benzene rings is 2. The van der Waals surface area contributed by atoms with Crippen molar-refractivity contribution >= 4 is 11.4 Å². The van der Waals surface area contributed by atoms with E-state index in [0.29, 0.717) is 0 Å². The number of hydrogen-bond donors (Lipinski definition) is 0. The smallest absolute Gasteiger partial charge is 0.159 e. The molecule has 0 bridgehead atoms. The van der Waals surface area contributed by atoms with Crippen LogP contribution < -0.4 is 0 Å². The standard InChI is InChI=1S/C41H56O/c1-9-31(4)40(28-35-21-24-37(25-22-35)33(6)42)39-19-11-10-16-38(39)18-13-15-34-14-12-17-36(23-20-34)32(5)29-41(7,8)27-26-30(2)3/h9-11,16,19,21-22,24-27,32,34,36H,1-2,12-15,17-18,20,23,28-29H2,3-8H3/b27-26+,40-31-. The van der Waals surface area contributed by atoms with Crippen molar-refractivity contribution in [2.75, 3.05) is 0 Å². The van der Waals surface area contributed by atoms with Crippen molar-refractivity contribution in [3.8, 4) is 0 Å². The molecule has 0 aromatic heterocycles. The number of carbonyl (C=O) groups excluding carboxylic acids is 1. The first-order valence-corrected chi connectivity index (χ1v) is 16.3. The summed E-state index contributed by atoms with van der Waals surface area (Å²) in [5, 5.41) is 0. The summed E-state index contributed by atoms with van der Waals surface area (Å²) >= 11 is 0. The minimum Gasteiger partial charge on any atom is -0.295 e. The van der Waals surface area contributed by atoms with Crippen LogP contribution in [0, 0.1) is 23.2 Å². The number of rotatable bonds is 14. The van der Waals surface area contributed by atoms with E-state index < -0.39 is 0 Å². The second kappa shape index (κ2) is 16.1. The Morgan fingerprint density at radius 1 is 1.00 bits per heavy atom. The number of ketones is 1. The summed E-state index contributed by atoms with van der Waals surface area (Å²) < 4.78 is 0. The van der Waals surface area contributed by atoms with Gasteiger partial charge in [-0.1, -0.05) is 138 Å². The largest absolute Gasteiger partial charge is 0.295 e. The van der Waals surface area contributed by atoms with E-state index in [0.717, 1.165) is 41.7 Å². The molecular weight excluding hydrogens is 508 g/mol. The normalized spacial score (nSPS) is 19.2. The SMILES string of the molecule is C=C/C(C)=C(/Cc1ccc(C(C)=O)cc1)c1ccccc1CCCC1CCCC(C(C)CC(C)(C)/C=C/C(=C)C)CC1. The highest BCUT2D eigenvalue weighted by molar-refractivity contribution is 5.94. The molecule has 42 heavy (non-hydrogen) atoms. The van der Waals surface area contributed by atoms with Gasteiger partial charge in [-0.25, -0.2) is 0 Å². The second-order valence-corrected chi connectivity index (χ2v) is 13.8. The number of aryl methyl sites for hydroxylation is 1. The Kier molecular flexibility index (Phi) is 12.8. The maximum atomic E-state index is 11.7. The van der Waals surface area contributed by atoms with Gasteiger partial charge in [0.25, 0.3) is 0 Å². The molecule has 3 unspecified atom stereocenters. The molecule has 1 aliphatic carbocycles. The molecule has 0 N–H and O–H groups in total. The highest BCUT2D eigenvalue weighted by Crippen LogP contribution is 2.39. The van der Waals surface area contributed by atoms with Crippen LogP contribution in [0.5, 0.6) is 0 Å². The van der Waals surface area contributed by atoms with Crippen LogP contribution >= 0.6 is 0 Å². The average molecular weight is 565 g/mol. The zero-order valence-corrected chi connectivity index (χ0v) is 27.5. The summed E-state index contributed by atoms with van der Waals surface area (Å²) in [7, 11) is 0. The van der Waals surface area contributed by atoms with Gasteiger partial charge in [0.1, 0.15) is 0 Å². The van der Waals surface area contributed by atoms with Gasteiger partial charge in [-0.15, -0.1) is 0 Å². The molecule has 226 valence electrons. The van der Waals surface area contributed by atoms with Gasteiger partial charge in [0.15, 0.2) is 5.78 Å². The Labute approximate surface area is 257 Å². The second-order valence-electron chi connectivity index (χ2n) is 13.8. The van der Waals surface area contributed by atoms with Crippen molar-refractivity contribution in [1.82, 2.24) is 0 Å². The van der Waals surface area contributed by atoms with Crippen molar-refractivity contribution < 1.29 is 4.79 Å². The predicted octanol–water partition coefficient (Wildman–Crippen LogP) is 11.8. The molecule has 1 heteroatoms. The highest BCUT2D eigenvalue weighted by atomic mass is 16.1. The van der Waals surface area contributed by atoms with Gasteiger partial charge in [0, 0.05) is 5.56 Å². The molecule has 3 rings (SSSR count). The summed E-state index contributed by atoms with van der Waals surface area (Å²) in [5.74, 6) is 2.58. The van der Waals surface area contributed by atoms with Gasteiger partial charge in [-0.3, -0.25) is 4.79 Å². The zero-order chi connectivity index (χ0) is 30.7. The Balaban J connectivity index is 1.60. The van der Waals surface area contributed by atoms with E-state index in [2.05, 4.69) is 96.3 Å². The zero-order valence-electron chi connectivity index (χ0n) is 27.5. The maximum absolute atomic E-state index is 11.7. The molecule has 0 radical (unpaired) electrons. The maximum Gasteiger partial charge on any atom is 0.159 e. The van der Waals surface area contributed by atoms with Crippen LogP contribution in [0.2, 0.25) is 0 Å². The summed E-state index contributed by atoms with van der Waals surface area (Å²) in [6.45, 7) is 21.2. The van der Waals surface area contributed by atoms with Gasteiger partial charge in [0.05, 0.1) is 0 Å². The number of Topliss-reactive ketones (excluding diaryl/α,β-unsaturated/α-hetero) is 1. The molecular formula is C41H56O. The molecule has 0 spiro atoms. The molecule has 0 heterocycles. The molecule has 1 saturated carbocycles. The first-order valence-electron chi connectivity index (χ1n) is 16.3. The summed E-state index contributed by atoms with van der Waals surface area (Å²) in [6.07, 6.45) is 19.3. The fourth-order valence-electron chi connectivity index (χ4n) is 6.94. The molecule has 0 saturated heterocycles. The molecule has 1 fully saturated rings. The fraction of sp³-hybridized carbons (Fsp3) is 0.488. The Bertz CT molecular complexity index is 1250. The van der Waals surface area contributed by atoms with Crippen molar-refractivity contribution in [3.05, 3.63) is 113 Å². The van der Waals surface area contributed by atoms with Crippen LogP contribution in [0.4, 0.5) is 0 Å². The van der Waals surface area contributed by atoms with Crippen LogP contribution in [-0.4, -0.2) is 5.78 Å². The van der Waals surface area contributed by atoms with E-state index in [1.807, 2.05) is 18.2 Å². The third kappa shape index (κ3) is 10.4. The lowest BCUT2D eigenvalue weighted by atomic mass is 9.75. The molecule has 0 amide bonds. The quantitative estimate of drug-likeness (QED) is 0.127. The van der Waals surface area contributed by atoms with Gasteiger partial charge in [-0.05, 0) is 104 Å². The number of allylic oxidation sites excluding steroid dienone is 6. The molecule has 0 aliphatic heterocycles. The van der Waals surface area contributed by atoms with Crippen molar-refractivity contribution in [2.45, 2.75) is 106 Å². The van der Waals surface area contributed by atoms with E-state index in [1.54, 1.807) is 6.92 Å². The van der Waals surface area contributed by atoms with Gasteiger partial charge in [-0.2, -0.15) is 0 Å². The fourth-order valence-corrected chi connectivity index (χ4v) is 6.94. The first-order chi connectivity index (χ1) is 20.0. The lowest BCUT2D eigenvalue weighted by Crippen LogP contribution is -2.19. The average Bonchev–Trinajstić information content (AvgIpc) is 3.21. The van der Waals surface area contributed by atoms with Crippen LogP contribution in [0.1, 0.15) is 120 Å². The van der Waals surface area contributed by atoms with E-state index in [1.165, 1.54) is 79.2 Å². The molecule has 1 aliphatic rings. The summed E-state index contributed by atoms with van der Waals surface area (Å²) in [4.78, 5) is 11.7. The summed E-state index contributed by atoms with van der Waals surface area (Å²) in [6, 6.07) is 17.0. The molecule has 1 nitrogen and oxygen atoms in total. The Hall–Kier alpha value is -2.93. The van der Waals surface area contributed by atoms with Crippen molar-refractivity contribution in [1.29, 1.82) is 0 Å². The lowest BCUT2D eigenvalue weighted by Gasteiger charge is -2.30. The molecule has 3 atom stereocenters. The van der Waals surface area contributed by atoms with Gasteiger partial charge < -0.3 is 0 Å². The predicted molar refractivity (Wildman–Crippen MR) is 184 cm³/mol. The van der Waals surface area contributed by atoms with E-state index >= 15 is 0 Å².